The molecule has 0 heterocycles. The molecule has 9 heavy (non-hydrogen) atoms. The maximum absolute atomic E-state index is 10.3. The van der Waals surface area contributed by atoms with Crippen LogP contribution in [0.15, 0.2) is 5.06 Å². The van der Waals surface area contributed by atoms with E-state index in [-0.39, 0.29) is 13.3 Å². The summed E-state index contributed by atoms with van der Waals surface area (Å²) >= 11 is 0. The Labute approximate surface area is 53.1 Å². The van der Waals surface area contributed by atoms with Crippen LogP contribution in [0.2, 0.25) is 0 Å². The number of nitrogens with zero attached hydrogens (tertiary/aromatic N) is 1. The molecule has 0 spiro atoms. The van der Waals surface area contributed by atoms with Gasteiger partial charge in [0.1, 0.15) is 0 Å². The van der Waals surface area contributed by atoms with Crippen molar-refractivity contribution in [2.24, 2.45) is 5.06 Å². The average Bonchev–Trinajstić information content (AvgIpc) is 1.85. The number of aliphatic hydroxyl groups excluding tert-OH is 1. The molecule has 6 heteroatoms. The third kappa shape index (κ3) is 5.12. The molecule has 0 unspecified atom stereocenters. The summed E-state index contributed by atoms with van der Waals surface area (Å²) in [7, 11) is 2.93. The Morgan fingerprint density at radius 1 is 1.89 bits per heavy atom. The molecule has 0 aromatic carbocycles. The minimum atomic E-state index is -0.570. The van der Waals surface area contributed by atoms with Gasteiger partial charge in [-0.25, -0.2) is 0 Å². The first kappa shape index (κ1) is 8.25. The number of rotatable bonds is 4. The average molecular weight is 130 g/mol. The van der Waals surface area contributed by atoms with Crippen LogP contribution in [0.1, 0.15) is 0 Å². The zero-order valence-electron chi connectivity index (χ0n) is 4.83. The van der Waals surface area contributed by atoms with E-state index in [0.29, 0.717) is 0 Å². The van der Waals surface area contributed by atoms with E-state index in [1.807, 2.05) is 0 Å². The van der Waals surface area contributed by atoms with Gasteiger partial charge in [0.2, 0.25) is 0 Å². The van der Waals surface area contributed by atoms with Gasteiger partial charge >= 0.3 is 52.0 Å². The van der Waals surface area contributed by atoms with Gasteiger partial charge in [0, 0.05) is 0 Å². The minimum absolute atomic E-state index is 0.0600. The van der Waals surface area contributed by atoms with Gasteiger partial charge in [0.05, 0.1) is 0 Å². The topological polar surface area (TPSA) is 70.9 Å². The van der Waals surface area contributed by atoms with Crippen LogP contribution in [0.5, 0.6) is 0 Å². The van der Waals surface area contributed by atoms with Crippen LogP contribution in [0.25, 0.3) is 0 Å². The molecule has 0 atom stereocenters. The zero-order chi connectivity index (χ0) is 7.11. The monoisotopic (exact) mass is 130 g/mol. The van der Waals surface area contributed by atoms with Gasteiger partial charge in [-0.2, -0.15) is 0 Å². The fraction of sp³-hybridized carbons (Fsp3) is 0.667. The summed E-state index contributed by atoms with van der Waals surface area (Å²) in [6, 6.07) is 0. The van der Waals surface area contributed by atoms with E-state index in [1.165, 1.54) is 0 Å². The molecule has 0 saturated heterocycles. The van der Waals surface area contributed by atoms with Gasteiger partial charge in [-0.3, -0.25) is 0 Å². The Bertz CT molecular complexity index is 107. The van der Waals surface area contributed by atoms with E-state index >= 15 is 0 Å². The molecular weight excluding hydrogens is 123 g/mol. The molecule has 0 amide bonds. The van der Waals surface area contributed by atoms with Crippen LogP contribution in [-0.2, 0) is 9.63 Å². The molecular formula is C3H7BN2O3. The molecule has 0 aliphatic heterocycles. The Kier molecular flexibility index (Phi) is 4.95. The van der Waals surface area contributed by atoms with Crippen molar-refractivity contribution in [2.45, 2.75) is 0 Å². The van der Waals surface area contributed by atoms with Crippen molar-refractivity contribution in [3.05, 3.63) is 0 Å². The summed E-state index contributed by atoms with van der Waals surface area (Å²) in [5.41, 5.74) is 0. The molecule has 0 saturated carbocycles. The van der Waals surface area contributed by atoms with E-state index < -0.39 is 5.97 Å². The van der Waals surface area contributed by atoms with Crippen molar-refractivity contribution in [1.82, 2.24) is 5.32 Å². The number of carbonyl (C=O) groups excluding carboxylic acids is 1. The molecule has 0 aromatic heterocycles. The first-order valence-corrected chi connectivity index (χ1v) is 2.28. The van der Waals surface area contributed by atoms with E-state index in [2.05, 4.69) is 22.9 Å². The second-order valence-corrected chi connectivity index (χ2v) is 1.18. The van der Waals surface area contributed by atoms with Gasteiger partial charge < -0.3 is 0 Å². The first-order chi connectivity index (χ1) is 4.31. The van der Waals surface area contributed by atoms with Crippen molar-refractivity contribution in [3.63, 3.8) is 0 Å². The summed E-state index contributed by atoms with van der Waals surface area (Å²) in [5, 5.41) is 13.3. The normalized spacial score (nSPS) is 8.44. The predicted octanol–water partition coefficient (Wildman–Crippen LogP) is -1.93. The number of nitrogens with one attached hydrogen (secondary N) is 1. The summed E-state index contributed by atoms with van der Waals surface area (Å²) in [4.78, 5) is 14.3. The molecule has 0 bridgehead atoms. The van der Waals surface area contributed by atoms with Gasteiger partial charge in [-0.05, 0) is 0 Å². The molecule has 2 N–H and O–H groups in total. The van der Waals surface area contributed by atoms with Crippen LogP contribution < -0.4 is 5.32 Å². The Morgan fingerprint density at radius 2 is 2.56 bits per heavy atom. The Morgan fingerprint density at radius 3 is 3.00 bits per heavy atom. The first-order valence-electron chi connectivity index (χ1n) is 2.28. The molecule has 0 rings (SSSR count). The SMILES string of the molecule is B=NOC(=O)CNCO. The van der Waals surface area contributed by atoms with Gasteiger partial charge in [-0.1, -0.05) is 0 Å². The quantitative estimate of drug-likeness (QED) is 0.264. The molecule has 50 valence electrons. The fourth-order valence-corrected chi connectivity index (χ4v) is 0.262. The summed E-state index contributed by atoms with van der Waals surface area (Å²) in [6.07, 6.45) is 0. The van der Waals surface area contributed by atoms with Gasteiger partial charge in [0.15, 0.2) is 0 Å². The molecule has 0 aromatic rings. The van der Waals surface area contributed by atoms with Crippen LogP contribution in [0.3, 0.4) is 0 Å². The van der Waals surface area contributed by atoms with E-state index in [4.69, 9.17) is 5.11 Å². The third-order valence-corrected chi connectivity index (χ3v) is 0.548. The van der Waals surface area contributed by atoms with E-state index in [0.717, 1.165) is 0 Å². The van der Waals surface area contributed by atoms with Crippen molar-refractivity contribution in [1.29, 1.82) is 0 Å². The van der Waals surface area contributed by atoms with Crippen molar-refractivity contribution in [3.8, 4) is 0 Å². The second kappa shape index (κ2) is 5.39. The summed E-state index contributed by atoms with van der Waals surface area (Å²) < 4.78 is 0. The number of carbonyl (C=O) groups is 1. The predicted molar refractivity (Wildman–Crippen MR) is 30.8 cm³/mol. The molecule has 0 fully saturated rings. The van der Waals surface area contributed by atoms with Crippen molar-refractivity contribution in [2.75, 3.05) is 13.3 Å². The Hall–Kier alpha value is -0.745. The second-order valence-electron chi connectivity index (χ2n) is 1.18. The molecule has 0 aliphatic carbocycles. The molecule has 0 aliphatic rings. The third-order valence-electron chi connectivity index (χ3n) is 0.548. The van der Waals surface area contributed by atoms with Crippen molar-refractivity contribution < 1.29 is 14.7 Å². The van der Waals surface area contributed by atoms with Crippen LogP contribution in [0.4, 0.5) is 0 Å². The zero-order valence-corrected chi connectivity index (χ0v) is 4.83. The van der Waals surface area contributed by atoms with E-state index in [9.17, 15) is 4.79 Å². The maximum atomic E-state index is 10.3. The van der Waals surface area contributed by atoms with Crippen LogP contribution >= 0.6 is 0 Å². The van der Waals surface area contributed by atoms with Gasteiger partial charge in [0.25, 0.3) is 0 Å². The van der Waals surface area contributed by atoms with Gasteiger partial charge in [-0.15, -0.1) is 0 Å². The van der Waals surface area contributed by atoms with E-state index in [1.54, 1.807) is 0 Å². The number of hydrogen-bond donors (Lipinski definition) is 2. The summed E-state index contributed by atoms with van der Waals surface area (Å²) in [6.45, 7) is -0.318. The standard InChI is InChI=1S/C3H7BN2O3/c4-6-9-3(8)1-5-2-7/h4-5,7H,1-2H2. The summed E-state index contributed by atoms with van der Waals surface area (Å²) in [5.74, 6) is -0.570. The number of aliphatic hydroxyl groups is 1. The fourth-order valence-electron chi connectivity index (χ4n) is 0.262. The van der Waals surface area contributed by atoms with Crippen LogP contribution in [-0.4, -0.2) is 32.0 Å². The van der Waals surface area contributed by atoms with Crippen molar-refractivity contribution >= 4 is 13.6 Å². The van der Waals surface area contributed by atoms with Crippen LogP contribution in [0, 0.1) is 0 Å². The Balaban J connectivity index is 3.16. The number of hydrogen-bond acceptors (Lipinski definition) is 5. The molecule has 5 nitrogen and oxygen atoms in total. The molecule has 0 radical (unpaired) electrons.